The van der Waals surface area contributed by atoms with Gasteiger partial charge in [0.15, 0.2) is 11.5 Å². The summed E-state index contributed by atoms with van der Waals surface area (Å²) in [7, 11) is 0. The molecule has 3 heterocycles. The van der Waals surface area contributed by atoms with Crippen LogP contribution in [0.4, 0.5) is 5.82 Å². The summed E-state index contributed by atoms with van der Waals surface area (Å²) in [6.07, 6.45) is 2.99. The van der Waals surface area contributed by atoms with Crippen molar-refractivity contribution in [3.63, 3.8) is 0 Å². The quantitative estimate of drug-likeness (QED) is 0.412. The van der Waals surface area contributed by atoms with Gasteiger partial charge in [-0.2, -0.15) is 0 Å². The lowest BCUT2D eigenvalue weighted by Gasteiger charge is -2.15. The zero-order valence-corrected chi connectivity index (χ0v) is 14.5. The van der Waals surface area contributed by atoms with Gasteiger partial charge in [0.2, 0.25) is 5.91 Å². The van der Waals surface area contributed by atoms with Gasteiger partial charge in [0.25, 0.3) is 0 Å². The largest absolute Gasteiger partial charge is 0.360 e. The SMILES string of the molecule is Cc1cc(NC(=O)[C@H](Sc2ncnc3nc[nH]c23)c2ccccc2)no1. The second-order valence-electron chi connectivity index (χ2n) is 5.50. The minimum absolute atomic E-state index is 0.222. The van der Waals surface area contributed by atoms with E-state index >= 15 is 0 Å². The maximum atomic E-state index is 12.9. The van der Waals surface area contributed by atoms with Crippen LogP contribution in [0.3, 0.4) is 0 Å². The molecule has 1 aromatic carbocycles. The normalized spacial score (nSPS) is 12.2. The molecule has 0 saturated carbocycles. The topological polar surface area (TPSA) is 110 Å². The predicted octanol–water partition coefficient (Wildman–Crippen LogP) is 3.12. The summed E-state index contributed by atoms with van der Waals surface area (Å²) in [6.45, 7) is 1.77. The van der Waals surface area contributed by atoms with Gasteiger partial charge in [-0.1, -0.05) is 47.3 Å². The molecule has 1 amide bonds. The van der Waals surface area contributed by atoms with Crippen molar-refractivity contribution in [3.05, 3.63) is 60.4 Å². The number of carbonyl (C=O) groups is 1. The van der Waals surface area contributed by atoms with Crippen molar-refractivity contribution < 1.29 is 9.32 Å². The molecule has 3 aromatic heterocycles. The molecule has 0 spiro atoms. The maximum Gasteiger partial charge on any atom is 0.243 e. The van der Waals surface area contributed by atoms with Crippen molar-refractivity contribution in [1.29, 1.82) is 0 Å². The maximum absolute atomic E-state index is 12.9. The second-order valence-corrected chi connectivity index (χ2v) is 6.59. The Kier molecular flexibility index (Phi) is 4.36. The van der Waals surface area contributed by atoms with E-state index in [1.807, 2.05) is 30.3 Å². The Morgan fingerprint density at radius 1 is 1.23 bits per heavy atom. The number of aryl methyl sites for hydroxylation is 1. The molecule has 4 aromatic rings. The lowest BCUT2D eigenvalue weighted by Crippen LogP contribution is -2.19. The van der Waals surface area contributed by atoms with Gasteiger partial charge in [-0.15, -0.1) is 0 Å². The number of hydrogen-bond donors (Lipinski definition) is 2. The standard InChI is InChI=1S/C17H14N6O2S/c1-10-7-12(23-25-10)22-16(24)14(11-5-3-2-4-6-11)26-17-13-15(19-8-18-13)20-9-21-17/h2-9,14H,1H3,(H,22,23,24)(H,18,19,20,21)/t14-/m1/s1. The van der Waals surface area contributed by atoms with Crippen molar-refractivity contribution in [2.75, 3.05) is 5.32 Å². The molecule has 0 aliphatic heterocycles. The van der Waals surface area contributed by atoms with Gasteiger partial charge in [0.1, 0.15) is 27.9 Å². The number of imidazole rings is 1. The molecule has 0 bridgehead atoms. The van der Waals surface area contributed by atoms with Crippen LogP contribution in [0.2, 0.25) is 0 Å². The van der Waals surface area contributed by atoms with Gasteiger partial charge in [-0.3, -0.25) is 4.79 Å². The number of thioether (sulfide) groups is 1. The van der Waals surface area contributed by atoms with E-state index in [-0.39, 0.29) is 5.91 Å². The smallest absolute Gasteiger partial charge is 0.243 e. The molecule has 130 valence electrons. The summed E-state index contributed by atoms with van der Waals surface area (Å²) in [5, 5.41) is 6.73. The first-order chi connectivity index (χ1) is 12.7. The van der Waals surface area contributed by atoms with E-state index in [2.05, 4.69) is 30.4 Å². The van der Waals surface area contributed by atoms with Gasteiger partial charge < -0.3 is 14.8 Å². The zero-order valence-electron chi connectivity index (χ0n) is 13.7. The molecule has 0 unspecified atom stereocenters. The molecular formula is C17H14N6O2S. The third-order valence-corrected chi connectivity index (χ3v) is 4.89. The van der Waals surface area contributed by atoms with E-state index in [1.54, 1.807) is 19.3 Å². The number of nitrogens with one attached hydrogen (secondary N) is 2. The average Bonchev–Trinajstić information content (AvgIpc) is 3.29. The number of hydrogen-bond acceptors (Lipinski definition) is 7. The molecule has 0 aliphatic carbocycles. The summed E-state index contributed by atoms with van der Waals surface area (Å²) in [4.78, 5) is 28.5. The van der Waals surface area contributed by atoms with Crippen LogP contribution in [0.25, 0.3) is 11.2 Å². The van der Waals surface area contributed by atoms with Crippen LogP contribution >= 0.6 is 11.8 Å². The predicted molar refractivity (Wildman–Crippen MR) is 96.6 cm³/mol. The first kappa shape index (κ1) is 16.3. The van der Waals surface area contributed by atoms with Crippen LogP contribution in [0.15, 0.2) is 58.6 Å². The first-order valence-corrected chi connectivity index (χ1v) is 8.68. The number of anilines is 1. The molecule has 9 heteroatoms. The lowest BCUT2D eigenvalue weighted by molar-refractivity contribution is -0.115. The van der Waals surface area contributed by atoms with Gasteiger partial charge in [0, 0.05) is 6.07 Å². The van der Waals surface area contributed by atoms with E-state index in [9.17, 15) is 4.79 Å². The van der Waals surface area contributed by atoms with Crippen molar-refractivity contribution in [1.82, 2.24) is 25.1 Å². The molecule has 0 radical (unpaired) electrons. The Labute approximate surface area is 152 Å². The van der Waals surface area contributed by atoms with Gasteiger partial charge in [-0.25, -0.2) is 15.0 Å². The molecule has 0 aliphatic rings. The summed E-state index contributed by atoms with van der Waals surface area (Å²) < 4.78 is 5.01. The Balaban J connectivity index is 1.67. The van der Waals surface area contributed by atoms with Crippen LogP contribution in [-0.4, -0.2) is 31.0 Å². The summed E-state index contributed by atoms with van der Waals surface area (Å²) >= 11 is 1.32. The average molecular weight is 366 g/mol. The number of amides is 1. The van der Waals surface area contributed by atoms with E-state index < -0.39 is 5.25 Å². The van der Waals surface area contributed by atoms with E-state index in [0.717, 1.165) is 5.56 Å². The number of benzene rings is 1. The Morgan fingerprint density at radius 2 is 2.08 bits per heavy atom. The summed E-state index contributed by atoms with van der Waals surface area (Å²) in [5.41, 5.74) is 2.10. The van der Waals surface area contributed by atoms with E-state index in [0.29, 0.717) is 27.8 Å². The third-order valence-electron chi connectivity index (χ3n) is 3.64. The molecule has 8 nitrogen and oxygen atoms in total. The van der Waals surface area contributed by atoms with Gasteiger partial charge >= 0.3 is 0 Å². The summed E-state index contributed by atoms with van der Waals surface area (Å²) in [5.74, 6) is 0.781. The van der Waals surface area contributed by atoms with Crippen molar-refractivity contribution in [2.24, 2.45) is 0 Å². The molecule has 2 N–H and O–H groups in total. The summed E-state index contributed by atoms with van der Waals surface area (Å²) in [6, 6.07) is 11.2. The molecular weight excluding hydrogens is 352 g/mol. The van der Waals surface area contributed by atoms with Crippen LogP contribution in [0.5, 0.6) is 0 Å². The van der Waals surface area contributed by atoms with Crippen molar-refractivity contribution in [2.45, 2.75) is 17.2 Å². The highest BCUT2D eigenvalue weighted by atomic mass is 32.2. The fraction of sp³-hybridized carbons (Fsp3) is 0.118. The minimum atomic E-state index is -0.533. The highest BCUT2D eigenvalue weighted by Gasteiger charge is 2.25. The highest BCUT2D eigenvalue weighted by Crippen LogP contribution is 2.37. The van der Waals surface area contributed by atoms with Gasteiger partial charge in [0.05, 0.1) is 6.33 Å². The second kappa shape index (κ2) is 6.96. The monoisotopic (exact) mass is 366 g/mol. The lowest BCUT2D eigenvalue weighted by atomic mass is 10.1. The number of aromatic nitrogens is 5. The third kappa shape index (κ3) is 3.29. The molecule has 4 rings (SSSR count). The van der Waals surface area contributed by atoms with Crippen LogP contribution in [-0.2, 0) is 4.79 Å². The molecule has 26 heavy (non-hydrogen) atoms. The van der Waals surface area contributed by atoms with Crippen LogP contribution in [0, 0.1) is 6.92 Å². The number of carbonyl (C=O) groups excluding carboxylic acids is 1. The fourth-order valence-corrected chi connectivity index (χ4v) is 3.52. The number of fused-ring (bicyclic) bond motifs is 1. The van der Waals surface area contributed by atoms with E-state index in [1.165, 1.54) is 18.1 Å². The van der Waals surface area contributed by atoms with Crippen LogP contribution in [0.1, 0.15) is 16.6 Å². The van der Waals surface area contributed by atoms with Crippen molar-refractivity contribution >= 4 is 34.7 Å². The van der Waals surface area contributed by atoms with Gasteiger partial charge in [-0.05, 0) is 12.5 Å². The number of H-pyrrole nitrogens is 1. The van der Waals surface area contributed by atoms with Crippen molar-refractivity contribution in [3.8, 4) is 0 Å². The Hall–Kier alpha value is -3.20. The van der Waals surface area contributed by atoms with Crippen LogP contribution < -0.4 is 5.32 Å². The first-order valence-electron chi connectivity index (χ1n) is 7.80. The van der Waals surface area contributed by atoms with E-state index in [4.69, 9.17) is 4.52 Å². The molecule has 0 fully saturated rings. The molecule has 0 saturated heterocycles. The number of aromatic amines is 1. The highest BCUT2D eigenvalue weighted by molar-refractivity contribution is 8.00. The fourth-order valence-electron chi connectivity index (χ4n) is 2.46. The minimum Gasteiger partial charge on any atom is -0.360 e. The zero-order chi connectivity index (χ0) is 17.9. The number of nitrogens with zero attached hydrogens (tertiary/aromatic N) is 4. The Morgan fingerprint density at radius 3 is 2.85 bits per heavy atom. The Bertz CT molecular complexity index is 1050. The molecule has 1 atom stereocenters. The number of rotatable bonds is 5.